The Kier molecular flexibility index (Phi) is 10.6. The van der Waals surface area contributed by atoms with Gasteiger partial charge < -0.3 is 15.3 Å². The Morgan fingerprint density at radius 3 is 2.11 bits per heavy atom. The molecule has 1 aliphatic rings. The topological polar surface area (TPSA) is 125 Å². The molecule has 44 heavy (non-hydrogen) atoms. The van der Waals surface area contributed by atoms with E-state index in [2.05, 4.69) is 27.9 Å². The highest BCUT2D eigenvalue weighted by Gasteiger charge is 2.38. The number of alkyl halides is 3. The first-order valence-electron chi connectivity index (χ1n) is 14.4. The van der Waals surface area contributed by atoms with Crippen molar-refractivity contribution in [2.45, 2.75) is 43.7 Å². The Balaban J connectivity index is 0.000000566. The minimum atomic E-state index is -5.08. The van der Waals surface area contributed by atoms with E-state index in [1.165, 1.54) is 0 Å². The van der Waals surface area contributed by atoms with Gasteiger partial charge in [0.15, 0.2) is 0 Å². The molecule has 1 aliphatic carbocycles. The number of rotatable bonds is 9. The van der Waals surface area contributed by atoms with Gasteiger partial charge in [0.1, 0.15) is 5.82 Å². The van der Waals surface area contributed by atoms with Crippen LogP contribution in [0.2, 0.25) is 0 Å². The van der Waals surface area contributed by atoms with E-state index in [0.29, 0.717) is 29.2 Å². The Morgan fingerprint density at radius 2 is 1.48 bits per heavy atom. The van der Waals surface area contributed by atoms with E-state index in [1.807, 2.05) is 55.6 Å². The van der Waals surface area contributed by atoms with Crippen molar-refractivity contribution in [1.82, 2.24) is 14.7 Å². The molecule has 236 valence electrons. The molecule has 0 atom stereocenters. The van der Waals surface area contributed by atoms with Crippen LogP contribution in [0.4, 0.5) is 24.9 Å². The maximum absolute atomic E-state index is 13.1. The molecular formula is C31H36F3N5O4S. The van der Waals surface area contributed by atoms with E-state index in [0.717, 1.165) is 66.3 Å². The van der Waals surface area contributed by atoms with Gasteiger partial charge in [-0.05, 0) is 68.0 Å². The van der Waals surface area contributed by atoms with Crippen molar-refractivity contribution in [3.63, 3.8) is 0 Å². The van der Waals surface area contributed by atoms with Crippen molar-refractivity contribution >= 4 is 49.4 Å². The number of carbonyl (C=O) groups is 1. The maximum Gasteiger partial charge on any atom is 0.490 e. The van der Waals surface area contributed by atoms with Gasteiger partial charge in [0.25, 0.3) is 0 Å². The van der Waals surface area contributed by atoms with E-state index in [9.17, 15) is 21.6 Å². The first-order chi connectivity index (χ1) is 20.9. The third-order valence-electron chi connectivity index (χ3n) is 7.78. The molecule has 4 aromatic rings. The largest absolute Gasteiger partial charge is 0.490 e. The molecule has 0 bridgehead atoms. The molecule has 3 aromatic carbocycles. The molecular weight excluding hydrogens is 595 g/mol. The van der Waals surface area contributed by atoms with Crippen molar-refractivity contribution < 1.29 is 31.5 Å². The second-order valence-electron chi connectivity index (χ2n) is 10.8. The minimum Gasteiger partial charge on any atom is -0.475 e. The zero-order chi connectivity index (χ0) is 31.9. The number of carboxylic acid groups (broad SMARTS) is 1. The van der Waals surface area contributed by atoms with Crippen molar-refractivity contribution in [3.05, 3.63) is 66.7 Å². The molecule has 0 saturated heterocycles. The molecule has 0 aliphatic heterocycles. The fourth-order valence-corrected chi connectivity index (χ4v) is 6.53. The molecule has 5 rings (SSSR count). The second-order valence-corrected chi connectivity index (χ2v) is 12.5. The van der Waals surface area contributed by atoms with E-state index < -0.39 is 22.2 Å². The summed E-state index contributed by atoms with van der Waals surface area (Å²) in [6.07, 6.45) is -0.953. The summed E-state index contributed by atoms with van der Waals surface area (Å²) in [5.41, 5.74) is 0.942. The van der Waals surface area contributed by atoms with E-state index >= 15 is 0 Å². The smallest absolute Gasteiger partial charge is 0.475 e. The van der Waals surface area contributed by atoms with E-state index in [-0.39, 0.29) is 0 Å². The minimum absolute atomic E-state index is 0.350. The number of sulfonamides is 1. The maximum atomic E-state index is 13.1. The standard InChI is InChI=1S/C29H35N5O2S.C2HF3O2/c1-3-34(2)28-25-12-6-7-13-26(25)32-29(33-28)30-19-21-15-17-22(18-16-21)20-31-37(35,36)27-14-8-10-23-9-4-5-11-24(23)27;3-2(4,5)1(6)7/h4-14,21-22,31H,3,15-20H2,1-2H3,(H,30,32,33);(H,6,7). The van der Waals surface area contributed by atoms with Crippen molar-refractivity contribution in [2.75, 3.05) is 36.9 Å². The monoisotopic (exact) mass is 631 g/mol. The molecule has 1 saturated carbocycles. The van der Waals surface area contributed by atoms with Crippen molar-refractivity contribution in [1.29, 1.82) is 0 Å². The third kappa shape index (κ3) is 8.35. The normalized spacial score (nSPS) is 17.1. The number of aliphatic carboxylic acids is 1. The fraction of sp³-hybridized carbons (Fsp3) is 0.387. The predicted molar refractivity (Wildman–Crippen MR) is 165 cm³/mol. The first kappa shape index (κ1) is 32.9. The number of aromatic nitrogens is 2. The van der Waals surface area contributed by atoms with Crippen LogP contribution in [0.25, 0.3) is 21.7 Å². The lowest BCUT2D eigenvalue weighted by molar-refractivity contribution is -0.192. The summed E-state index contributed by atoms with van der Waals surface area (Å²) in [7, 11) is -1.51. The van der Waals surface area contributed by atoms with E-state index in [4.69, 9.17) is 19.9 Å². The van der Waals surface area contributed by atoms with Gasteiger partial charge in [-0.25, -0.2) is 22.9 Å². The van der Waals surface area contributed by atoms with Crippen LogP contribution in [0, 0.1) is 11.8 Å². The highest BCUT2D eigenvalue weighted by molar-refractivity contribution is 7.89. The number of nitrogens with zero attached hydrogens (tertiary/aromatic N) is 3. The highest BCUT2D eigenvalue weighted by Crippen LogP contribution is 2.30. The van der Waals surface area contributed by atoms with Crippen LogP contribution in [-0.2, 0) is 14.8 Å². The van der Waals surface area contributed by atoms with Crippen molar-refractivity contribution in [2.24, 2.45) is 11.8 Å². The molecule has 0 radical (unpaired) electrons. The number of nitrogens with one attached hydrogen (secondary N) is 2. The Labute approximate surface area is 254 Å². The molecule has 13 heteroatoms. The zero-order valence-electron chi connectivity index (χ0n) is 24.5. The third-order valence-corrected chi connectivity index (χ3v) is 9.26. The van der Waals surface area contributed by atoms with Gasteiger partial charge in [0.05, 0.1) is 10.4 Å². The average Bonchev–Trinajstić information content (AvgIpc) is 3.02. The van der Waals surface area contributed by atoms with Gasteiger partial charge >= 0.3 is 12.1 Å². The van der Waals surface area contributed by atoms with Gasteiger partial charge in [0, 0.05) is 37.5 Å². The summed E-state index contributed by atoms with van der Waals surface area (Å²) in [4.78, 5) is 20.9. The Hall–Kier alpha value is -3.97. The lowest BCUT2D eigenvalue weighted by atomic mass is 9.82. The average molecular weight is 632 g/mol. The molecule has 1 heterocycles. The SMILES string of the molecule is CCN(C)c1nc(NCC2CCC(CNS(=O)(=O)c3cccc4ccccc34)CC2)nc2ccccc12.O=C(O)C(F)(F)F. The quantitative estimate of drug-likeness (QED) is 0.203. The summed E-state index contributed by atoms with van der Waals surface area (Å²) in [5.74, 6) is -0.277. The number of halogens is 3. The molecule has 0 amide bonds. The van der Waals surface area contributed by atoms with Crippen LogP contribution < -0.4 is 14.9 Å². The summed E-state index contributed by atoms with van der Waals surface area (Å²) in [6, 6.07) is 21.2. The zero-order valence-corrected chi connectivity index (χ0v) is 25.3. The molecule has 9 nitrogen and oxygen atoms in total. The van der Waals surface area contributed by atoms with Crippen LogP contribution in [0.15, 0.2) is 71.6 Å². The number of benzene rings is 3. The molecule has 3 N–H and O–H groups in total. The second kappa shape index (κ2) is 14.2. The fourth-order valence-electron chi connectivity index (χ4n) is 5.19. The van der Waals surface area contributed by atoms with Gasteiger partial charge in [-0.2, -0.15) is 18.2 Å². The number of anilines is 2. The summed E-state index contributed by atoms with van der Waals surface area (Å²) < 4.78 is 60.7. The lowest BCUT2D eigenvalue weighted by Gasteiger charge is -2.29. The van der Waals surface area contributed by atoms with Crippen LogP contribution in [0.3, 0.4) is 0 Å². The number of hydrogen-bond acceptors (Lipinski definition) is 7. The number of hydrogen-bond donors (Lipinski definition) is 3. The van der Waals surface area contributed by atoms with Gasteiger partial charge in [0.2, 0.25) is 16.0 Å². The number of carboxylic acids is 1. The van der Waals surface area contributed by atoms with Crippen LogP contribution in [-0.4, -0.2) is 62.3 Å². The summed E-state index contributed by atoms with van der Waals surface area (Å²) in [5, 5.41) is 13.4. The van der Waals surface area contributed by atoms with Crippen LogP contribution >= 0.6 is 0 Å². The number of para-hydroxylation sites is 1. The molecule has 1 aromatic heterocycles. The van der Waals surface area contributed by atoms with Gasteiger partial charge in [-0.3, -0.25) is 0 Å². The Morgan fingerprint density at radius 1 is 0.909 bits per heavy atom. The molecule has 0 spiro atoms. The van der Waals surface area contributed by atoms with Gasteiger partial charge in [-0.15, -0.1) is 0 Å². The molecule has 1 fully saturated rings. The highest BCUT2D eigenvalue weighted by atomic mass is 32.2. The van der Waals surface area contributed by atoms with E-state index in [1.54, 1.807) is 12.1 Å². The first-order valence-corrected chi connectivity index (χ1v) is 15.9. The molecule has 0 unspecified atom stereocenters. The predicted octanol–water partition coefficient (Wildman–Crippen LogP) is 6.07. The van der Waals surface area contributed by atoms with Crippen LogP contribution in [0.5, 0.6) is 0 Å². The Bertz CT molecular complexity index is 1690. The lowest BCUT2D eigenvalue weighted by Crippen LogP contribution is -2.32. The van der Waals surface area contributed by atoms with Gasteiger partial charge in [-0.1, -0.05) is 48.5 Å². The number of fused-ring (bicyclic) bond motifs is 2. The summed E-state index contributed by atoms with van der Waals surface area (Å²) in [6.45, 7) is 4.29. The van der Waals surface area contributed by atoms with Crippen LogP contribution in [0.1, 0.15) is 32.6 Å². The van der Waals surface area contributed by atoms with Crippen molar-refractivity contribution in [3.8, 4) is 0 Å². The summed E-state index contributed by atoms with van der Waals surface area (Å²) >= 11 is 0.